The molecule has 4 N–H and O–H groups in total. The molecule has 2 aliphatic heterocycles. The summed E-state index contributed by atoms with van der Waals surface area (Å²) in [5.74, 6) is -0.0901. The van der Waals surface area contributed by atoms with Crippen LogP contribution in [0.2, 0.25) is 0 Å². The molecule has 1 aliphatic carbocycles. The van der Waals surface area contributed by atoms with Gasteiger partial charge in [0, 0.05) is 12.1 Å². The van der Waals surface area contributed by atoms with Crippen LogP contribution in [0.5, 0.6) is 0 Å². The Morgan fingerprint density at radius 1 is 1.39 bits per heavy atom. The lowest BCUT2D eigenvalue weighted by Gasteiger charge is -2.08. The van der Waals surface area contributed by atoms with Gasteiger partial charge in [0.1, 0.15) is 5.82 Å². The van der Waals surface area contributed by atoms with Crippen LogP contribution in [-0.2, 0) is 27.4 Å². The zero-order valence-corrected chi connectivity index (χ0v) is 17.7. The van der Waals surface area contributed by atoms with E-state index < -0.39 is 6.09 Å². The second-order valence-electron chi connectivity index (χ2n) is 7.56. The highest BCUT2D eigenvalue weighted by molar-refractivity contribution is 5.80. The standard InChI is InChI=1S/C9H8FNO2.C8H12O2.C5H10N2O/c10-8-3-1-2-6-4-11(9(12)13)5-7(6)8;1-3-6-5-7(6)8(9)10-4-2;6-5(8)4-2-1-3-7-4/h1-3H,4-5H2,(H,12,13);3,6-7H,1,4-5H2,2H3;4,7H,1-3H2,(H2,6,8)/t;6-,7+;4-/m.10/s1. The van der Waals surface area contributed by atoms with E-state index in [0.29, 0.717) is 24.6 Å². The number of nitrogens with zero attached hydrogens (tertiary/aromatic N) is 1. The van der Waals surface area contributed by atoms with Crippen LogP contribution < -0.4 is 11.1 Å². The van der Waals surface area contributed by atoms with Gasteiger partial charge in [0.25, 0.3) is 0 Å². The second kappa shape index (κ2) is 11.5. The topological polar surface area (TPSA) is 122 Å². The maximum Gasteiger partial charge on any atom is 0.407 e. The van der Waals surface area contributed by atoms with E-state index >= 15 is 0 Å². The molecule has 0 spiro atoms. The van der Waals surface area contributed by atoms with Crippen LogP contribution in [0.3, 0.4) is 0 Å². The van der Waals surface area contributed by atoms with Crippen molar-refractivity contribution in [1.29, 1.82) is 0 Å². The number of primary amides is 1. The molecule has 1 aromatic rings. The van der Waals surface area contributed by atoms with Gasteiger partial charge in [-0.1, -0.05) is 18.2 Å². The number of hydrogen-bond acceptors (Lipinski definition) is 5. The van der Waals surface area contributed by atoms with E-state index in [2.05, 4.69) is 11.9 Å². The summed E-state index contributed by atoms with van der Waals surface area (Å²) in [6.45, 7) is 7.31. The number of rotatable bonds is 4. The number of ether oxygens (including phenoxy) is 1. The van der Waals surface area contributed by atoms with Gasteiger partial charge in [-0.2, -0.15) is 0 Å². The van der Waals surface area contributed by atoms with E-state index in [1.807, 2.05) is 13.0 Å². The van der Waals surface area contributed by atoms with Crippen molar-refractivity contribution in [2.24, 2.45) is 17.6 Å². The maximum absolute atomic E-state index is 13.1. The monoisotopic (exact) mass is 435 g/mol. The number of nitrogens with one attached hydrogen (secondary N) is 1. The Bertz CT molecular complexity index is 810. The Morgan fingerprint density at radius 3 is 2.58 bits per heavy atom. The largest absolute Gasteiger partial charge is 0.466 e. The molecular formula is C22H30FN3O5. The third kappa shape index (κ3) is 7.06. The predicted octanol–water partition coefficient (Wildman–Crippen LogP) is 2.41. The average Bonchev–Trinajstić information content (AvgIpc) is 3.12. The first kappa shape index (κ1) is 24.3. The van der Waals surface area contributed by atoms with Crippen LogP contribution in [0.15, 0.2) is 30.9 Å². The molecule has 1 saturated heterocycles. The summed E-state index contributed by atoms with van der Waals surface area (Å²) in [5.41, 5.74) is 6.27. The Kier molecular flexibility index (Phi) is 8.99. The lowest BCUT2D eigenvalue weighted by atomic mass is 10.1. The number of carboxylic acid groups (broad SMARTS) is 1. The molecule has 2 heterocycles. The Hall–Kier alpha value is -2.94. The smallest absolute Gasteiger partial charge is 0.407 e. The summed E-state index contributed by atoms with van der Waals surface area (Å²) in [7, 11) is 0. The zero-order valence-electron chi connectivity index (χ0n) is 17.7. The number of amides is 2. The number of hydrogen-bond donors (Lipinski definition) is 3. The van der Waals surface area contributed by atoms with Crippen molar-refractivity contribution in [3.63, 3.8) is 0 Å². The van der Waals surface area contributed by atoms with Gasteiger partial charge in [-0.3, -0.25) is 14.5 Å². The molecule has 170 valence electrons. The lowest BCUT2D eigenvalue weighted by Crippen LogP contribution is -2.36. The fourth-order valence-corrected chi connectivity index (χ4v) is 3.44. The molecule has 8 nitrogen and oxygen atoms in total. The minimum Gasteiger partial charge on any atom is -0.466 e. The van der Waals surface area contributed by atoms with Crippen molar-refractivity contribution in [3.05, 3.63) is 47.8 Å². The normalized spacial score (nSPS) is 22.8. The van der Waals surface area contributed by atoms with Crippen molar-refractivity contribution < 1.29 is 28.6 Å². The van der Waals surface area contributed by atoms with E-state index in [-0.39, 0.29) is 36.2 Å². The Labute approximate surface area is 181 Å². The quantitative estimate of drug-likeness (QED) is 0.493. The Morgan fingerprint density at radius 2 is 2.13 bits per heavy atom. The van der Waals surface area contributed by atoms with Crippen LogP contribution in [0.4, 0.5) is 9.18 Å². The van der Waals surface area contributed by atoms with Gasteiger partial charge in [-0.05, 0) is 50.3 Å². The molecule has 1 aromatic carbocycles. The highest BCUT2D eigenvalue weighted by Gasteiger charge is 2.41. The molecular weight excluding hydrogens is 405 g/mol. The first-order valence-electron chi connectivity index (χ1n) is 10.3. The van der Waals surface area contributed by atoms with E-state index in [4.69, 9.17) is 15.6 Å². The van der Waals surface area contributed by atoms with Crippen molar-refractivity contribution in [3.8, 4) is 0 Å². The molecule has 0 unspecified atom stereocenters. The highest BCUT2D eigenvalue weighted by atomic mass is 19.1. The third-order valence-corrected chi connectivity index (χ3v) is 5.33. The zero-order chi connectivity index (χ0) is 23.0. The molecule has 31 heavy (non-hydrogen) atoms. The number of benzene rings is 1. The molecule has 2 amide bonds. The second-order valence-corrected chi connectivity index (χ2v) is 7.56. The van der Waals surface area contributed by atoms with Crippen LogP contribution in [-0.4, -0.2) is 47.2 Å². The third-order valence-electron chi connectivity index (χ3n) is 5.33. The van der Waals surface area contributed by atoms with Gasteiger partial charge in [0.2, 0.25) is 5.91 Å². The number of esters is 1. The van der Waals surface area contributed by atoms with Crippen LogP contribution in [0.1, 0.15) is 37.3 Å². The van der Waals surface area contributed by atoms with Crippen LogP contribution >= 0.6 is 0 Å². The highest BCUT2D eigenvalue weighted by Crippen LogP contribution is 2.40. The van der Waals surface area contributed by atoms with E-state index in [0.717, 1.165) is 31.4 Å². The van der Waals surface area contributed by atoms with Gasteiger partial charge >= 0.3 is 12.1 Å². The summed E-state index contributed by atoms with van der Waals surface area (Å²) < 4.78 is 17.9. The number of halogens is 1. The number of fused-ring (bicyclic) bond motifs is 1. The first-order valence-corrected chi connectivity index (χ1v) is 10.3. The van der Waals surface area contributed by atoms with E-state index in [9.17, 15) is 18.8 Å². The molecule has 2 fully saturated rings. The number of carbonyl (C=O) groups is 3. The van der Waals surface area contributed by atoms with Gasteiger partial charge < -0.3 is 20.9 Å². The average molecular weight is 435 g/mol. The maximum atomic E-state index is 13.1. The molecule has 3 aliphatic rings. The molecule has 9 heteroatoms. The number of carbonyl (C=O) groups excluding carboxylic acids is 2. The molecule has 0 aromatic heterocycles. The fraction of sp³-hybridized carbons (Fsp3) is 0.500. The van der Waals surface area contributed by atoms with Gasteiger partial charge in [-0.25, -0.2) is 9.18 Å². The SMILES string of the molecule is C=C[C@@H]1C[C@@H]1C(=O)OCC.NC(=O)[C@@H]1CCCN1.O=C(O)N1Cc2cccc(F)c2C1. The van der Waals surface area contributed by atoms with Gasteiger partial charge in [0.05, 0.1) is 25.1 Å². The minimum atomic E-state index is -1.00. The summed E-state index contributed by atoms with van der Waals surface area (Å²) in [6.07, 6.45) is 3.74. The Balaban J connectivity index is 0.000000171. The molecule has 4 rings (SSSR count). The van der Waals surface area contributed by atoms with Crippen molar-refractivity contribution in [2.75, 3.05) is 13.2 Å². The summed E-state index contributed by atoms with van der Waals surface area (Å²) in [5, 5.41) is 11.7. The summed E-state index contributed by atoms with van der Waals surface area (Å²) in [6, 6.07) is 4.65. The number of nitrogens with two attached hydrogens (primary N) is 1. The molecule has 0 bridgehead atoms. The van der Waals surface area contributed by atoms with Crippen LogP contribution in [0.25, 0.3) is 0 Å². The van der Waals surface area contributed by atoms with Gasteiger partial charge in [-0.15, -0.1) is 6.58 Å². The summed E-state index contributed by atoms with van der Waals surface area (Å²) >= 11 is 0. The predicted molar refractivity (Wildman–Crippen MR) is 112 cm³/mol. The van der Waals surface area contributed by atoms with Crippen molar-refractivity contribution in [1.82, 2.24) is 10.2 Å². The van der Waals surface area contributed by atoms with E-state index in [1.54, 1.807) is 12.1 Å². The lowest BCUT2D eigenvalue weighted by molar-refractivity contribution is -0.144. The van der Waals surface area contributed by atoms with Crippen molar-refractivity contribution in [2.45, 2.75) is 45.3 Å². The number of allylic oxidation sites excluding steroid dienone is 1. The van der Waals surface area contributed by atoms with Crippen LogP contribution in [0, 0.1) is 17.7 Å². The molecule has 1 saturated carbocycles. The molecule has 3 atom stereocenters. The fourth-order valence-electron chi connectivity index (χ4n) is 3.44. The first-order chi connectivity index (χ1) is 14.8. The van der Waals surface area contributed by atoms with E-state index in [1.165, 1.54) is 11.0 Å². The molecule has 0 radical (unpaired) electrons. The minimum absolute atomic E-state index is 0.0463. The summed E-state index contributed by atoms with van der Waals surface area (Å²) in [4.78, 5) is 33.0. The van der Waals surface area contributed by atoms with Gasteiger partial charge in [0.15, 0.2) is 0 Å². The van der Waals surface area contributed by atoms with Crippen molar-refractivity contribution >= 4 is 18.0 Å².